The van der Waals surface area contributed by atoms with Crippen molar-refractivity contribution in [3.63, 3.8) is 0 Å². The molecule has 0 saturated carbocycles. The van der Waals surface area contributed by atoms with Crippen LogP contribution in [0.5, 0.6) is 0 Å². The molecule has 0 aliphatic rings. The van der Waals surface area contributed by atoms with Crippen molar-refractivity contribution in [1.82, 2.24) is 4.57 Å². The Kier molecular flexibility index (Phi) is 4.48. The van der Waals surface area contributed by atoms with Crippen molar-refractivity contribution in [2.75, 3.05) is 5.73 Å². The van der Waals surface area contributed by atoms with Crippen molar-refractivity contribution in [2.45, 2.75) is 46.1 Å². The molecule has 3 nitrogen and oxygen atoms in total. The number of benzene rings is 1. The lowest BCUT2D eigenvalue weighted by Crippen LogP contribution is -2.26. The van der Waals surface area contributed by atoms with Crippen molar-refractivity contribution in [3.05, 3.63) is 40.7 Å². The number of hydrogen-bond acceptors (Lipinski definition) is 2. The summed E-state index contributed by atoms with van der Waals surface area (Å²) in [6, 6.07) is 9.67. The molecule has 0 fully saturated rings. The molecule has 1 heterocycles. The number of hydrogen-bond donors (Lipinski definition) is 1. The predicted octanol–water partition coefficient (Wildman–Crippen LogP) is 3.97. The first kappa shape index (κ1) is 14.6. The molecule has 1 aromatic heterocycles. The van der Waals surface area contributed by atoms with Gasteiger partial charge in [-0.3, -0.25) is 9.36 Å². The Hall–Kier alpha value is -1.77. The average Bonchev–Trinajstić information content (AvgIpc) is 2.38. The molecule has 1 atom stereocenters. The Labute approximate surface area is 120 Å². The molecule has 2 rings (SSSR count). The molecule has 20 heavy (non-hydrogen) atoms. The highest BCUT2D eigenvalue weighted by molar-refractivity contribution is 5.83. The summed E-state index contributed by atoms with van der Waals surface area (Å²) < 4.78 is 1.74. The van der Waals surface area contributed by atoms with Gasteiger partial charge in [-0.2, -0.15) is 0 Å². The summed E-state index contributed by atoms with van der Waals surface area (Å²) in [6.45, 7) is 6.52. The number of aromatic nitrogens is 1. The number of nitrogens with two attached hydrogens (primary N) is 1. The van der Waals surface area contributed by atoms with Crippen molar-refractivity contribution >= 4 is 16.6 Å². The van der Waals surface area contributed by atoms with Crippen LogP contribution >= 0.6 is 0 Å². The highest BCUT2D eigenvalue weighted by Gasteiger charge is 2.12. The summed E-state index contributed by atoms with van der Waals surface area (Å²) in [7, 11) is 0. The summed E-state index contributed by atoms with van der Waals surface area (Å²) in [5.74, 6) is 1.26. The fraction of sp³-hybridized carbons (Fsp3) is 0.471. The van der Waals surface area contributed by atoms with Crippen LogP contribution in [0.15, 0.2) is 35.1 Å². The van der Waals surface area contributed by atoms with Gasteiger partial charge in [-0.05, 0) is 36.8 Å². The van der Waals surface area contributed by atoms with Gasteiger partial charge < -0.3 is 5.73 Å². The van der Waals surface area contributed by atoms with Crippen LogP contribution in [-0.2, 0) is 0 Å². The maximum atomic E-state index is 12.6. The standard InChI is InChI=1S/C17H24N2O/c1-12(2)7-6-8-13(3)19-16(18)11-14-9-4-5-10-15(14)17(19)20/h4-5,9-13H,6-8,18H2,1-3H3. The molecule has 0 aliphatic carbocycles. The molecule has 2 N–H and O–H groups in total. The number of rotatable bonds is 5. The molecule has 1 unspecified atom stereocenters. The van der Waals surface area contributed by atoms with Crippen LogP contribution in [0.1, 0.15) is 46.1 Å². The van der Waals surface area contributed by atoms with E-state index in [0.717, 1.165) is 23.6 Å². The van der Waals surface area contributed by atoms with E-state index in [1.54, 1.807) is 4.57 Å². The number of pyridine rings is 1. The van der Waals surface area contributed by atoms with Gasteiger partial charge >= 0.3 is 0 Å². The molecule has 2 aromatic rings. The topological polar surface area (TPSA) is 48.0 Å². The van der Waals surface area contributed by atoms with E-state index in [1.807, 2.05) is 30.3 Å². The van der Waals surface area contributed by atoms with E-state index >= 15 is 0 Å². The van der Waals surface area contributed by atoms with Crippen LogP contribution < -0.4 is 11.3 Å². The number of nitrogens with zero attached hydrogens (tertiary/aromatic N) is 1. The minimum absolute atomic E-state index is 0.0256. The molecule has 0 amide bonds. The average molecular weight is 272 g/mol. The third-order valence-corrected chi connectivity index (χ3v) is 3.84. The van der Waals surface area contributed by atoms with Crippen LogP contribution in [0.3, 0.4) is 0 Å². The van der Waals surface area contributed by atoms with Crippen molar-refractivity contribution in [3.8, 4) is 0 Å². The normalized spacial score (nSPS) is 13.0. The van der Waals surface area contributed by atoms with Gasteiger partial charge in [0.1, 0.15) is 5.82 Å². The summed E-state index contributed by atoms with van der Waals surface area (Å²) in [6.07, 6.45) is 3.30. The number of nitrogen functional groups attached to an aromatic ring is 1. The van der Waals surface area contributed by atoms with Gasteiger partial charge in [0, 0.05) is 11.4 Å². The maximum Gasteiger partial charge on any atom is 0.260 e. The summed E-state index contributed by atoms with van der Waals surface area (Å²) in [5.41, 5.74) is 6.11. The molecular formula is C17H24N2O. The fourth-order valence-electron chi connectivity index (χ4n) is 2.70. The maximum absolute atomic E-state index is 12.6. The molecule has 0 spiro atoms. The first-order valence-corrected chi connectivity index (χ1v) is 7.40. The van der Waals surface area contributed by atoms with E-state index < -0.39 is 0 Å². The van der Waals surface area contributed by atoms with Gasteiger partial charge in [-0.15, -0.1) is 0 Å². The van der Waals surface area contributed by atoms with E-state index in [-0.39, 0.29) is 11.6 Å². The van der Waals surface area contributed by atoms with Crippen LogP contribution in [0, 0.1) is 5.92 Å². The zero-order valence-corrected chi connectivity index (χ0v) is 12.6. The van der Waals surface area contributed by atoms with E-state index in [4.69, 9.17) is 5.73 Å². The highest BCUT2D eigenvalue weighted by Crippen LogP contribution is 2.21. The van der Waals surface area contributed by atoms with Gasteiger partial charge in [0.15, 0.2) is 0 Å². The van der Waals surface area contributed by atoms with Crippen molar-refractivity contribution < 1.29 is 0 Å². The number of anilines is 1. The molecule has 1 aromatic carbocycles. The lowest BCUT2D eigenvalue weighted by Gasteiger charge is -2.19. The second-order valence-corrected chi connectivity index (χ2v) is 6.01. The molecule has 0 aliphatic heterocycles. The Morgan fingerprint density at radius 3 is 2.55 bits per heavy atom. The third kappa shape index (κ3) is 3.03. The van der Waals surface area contributed by atoms with E-state index in [1.165, 1.54) is 6.42 Å². The van der Waals surface area contributed by atoms with E-state index in [9.17, 15) is 4.79 Å². The van der Waals surface area contributed by atoms with Crippen molar-refractivity contribution in [2.24, 2.45) is 5.92 Å². The summed E-state index contributed by atoms with van der Waals surface area (Å²) in [5, 5.41) is 1.66. The molecular weight excluding hydrogens is 248 g/mol. The zero-order chi connectivity index (χ0) is 14.7. The van der Waals surface area contributed by atoms with Crippen LogP contribution in [0.4, 0.5) is 5.82 Å². The molecule has 108 valence electrons. The molecule has 0 bridgehead atoms. The van der Waals surface area contributed by atoms with Gasteiger partial charge in [-0.25, -0.2) is 0 Å². The number of fused-ring (bicyclic) bond motifs is 1. The third-order valence-electron chi connectivity index (χ3n) is 3.84. The van der Waals surface area contributed by atoms with E-state index in [2.05, 4.69) is 20.8 Å². The van der Waals surface area contributed by atoms with Gasteiger partial charge in [0.25, 0.3) is 5.56 Å². The summed E-state index contributed by atoms with van der Waals surface area (Å²) >= 11 is 0. The first-order valence-electron chi connectivity index (χ1n) is 7.40. The zero-order valence-electron chi connectivity index (χ0n) is 12.6. The molecule has 0 saturated heterocycles. The van der Waals surface area contributed by atoms with Crippen LogP contribution in [0.25, 0.3) is 10.8 Å². The van der Waals surface area contributed by atoms with Gasteiger partial charge in [-0.1, -0.05) is 44.9 Å². The van der Waals surface area contributed by atoms with Crippen LogP contribution in [-0.4, -0.2) is 4.57 Å². The first-order chi connectivity index (χ1) is 9.50. The predicted molar refractivity (Wildman–Crippen MR) is 86.0 cm³/mol. The Bertz CT molecular complexity index is 643. The fourth-order valence-corrected chi connectivity index (χ4v) is 2.70. The van der Waals surface area contributed by atoms with E-state index in [0.29, 0.717) is 11.7 Å². The highest BCUT2D eigenvalue weighted by atomic mass is 16.1. The minimum atomic E-state index is 0.0256. The largest absolute Gasteiger partial charge is 0.385 e. The van der Waals surface area contributed by atoms with Crippen LogP contribution in [0.2, 0.25) is 0 Å². The lowest BCUT2D eigenvalue weighted by molar-refractivity contribution is 0.444. The van der Waals surface area contributed by atoms with Crippen molar-refractivity contribution in [1.29, 1.82) is 0 Å². The monoisotopic (exact) mass is 272 g/mol. The smallest absolute Gasteiger partial charge is 0.260 e. The van der Waals surface area contributed by atoms with Gasteiger partial charge in [0.2, 0.25) is 0 Å². The second-order valence-electron chi connectivity index (χ2n) is 6.01. The minimum Gasteiger partial charge on any atom is -0.385 e. The second kappa shape index (κ2) is 6.12. The lowest BCUT2D eigenvalue weighted by atomic mass is 10.0. The Balaban J connectivity index is 2.31. The summed E-state index contributed by atoms with van der Waals surface area (Å²) in [4.78, 5) is 12.6. The Morgan fingerprint density at radius 2 is 1.85 bits per heavy atom. The molecule has 0 radical (unpaired) electrons. The quantitative estimate of drug-likeness (QED) is 0.895. The Morgan fingerprint density at radius 1 is 1.15 bits per heavy atom. The SMILES string of the molecule is CC(C)CCCC(C)n1c(N)cc2ccccc2c1=O. The molecule has 3 heteroatoms. The van der Waals surface area contributed by atoms with Gasteiger partial charge in [0.05, 0.1) is 0 Å².